The molecule has 0 bridgehead atoms. The molecule has 82 valence electrons. The molecular weight excluding hydrogens is 176 g/mol. The van der Waals surface area contributed by atoms with Crippen LogP contribution in [0.4, 0.5) is 0 Å². The second-order valence-corrected chi connectivity index (χ2v) is 4.31. The summed E-state index contributed by atoms with van der Waals surface area (Å²) in [5.74, 6) is 0.630. The van der Waals surface area contributed by atoms with Crippen LogP contribution in [0.2, 0.25) is 0 Å². The van der Waals surface area contributed by atoms with Crippen LogP contribution in [-0.2, 0) is 4.79 Å². The lowest BCUT2D eigenvalue weighted by atomic mass is 9.92. The van der Waals surface area contributed by atoms with Crippen LogP contribution in [0.3, 0.4) is 0 Å². The molecule has 0 aromatic carbocycles. The summed E-state index contributed by atoms with van der Waals surface area (Å²) in [7, 11) is 0. The van der Waals surface area contributed by atoms with Gasteiger partial charge in [0.15, 0.2) is 5.78 Å². The van der Waals surface area contributed by atoms with Crippen molar-refractivity contribution in [3.05, 3.63) is 11.8 Å². The van der Waals surface area contributed by atoms with Gasteiger partial charge >= 0.3 is 0 Å². The van der Waals surface area contributed by atoms with Gasteiger partial charge in [-0.15, -0.1) is 0 Å². The molecule has 0 heterocycles. The first-order valence-corrected chi connectivity index (χ1v) is 5.34. The Hall–Kier alpha value is -0.790. The van der Waals surface area contributed by atoms with Crippen molar-refractivity contribution in [1.82, 2.24) is 0 Å². The first kappa shape index (κ1) is 13.2. The van der Waals surface area contributed by atoms with Crippen LogP contribution in [0.15, 0.2) is 11.8 Å². The topological polar surface area (TPSA) is 37.3 Å². The van der Waals surface area contributed by atoms with E-state index in [0.29, 0.717) is 5.92 Å². The quantitative estimate of drug-likeness (QED) is 0.543. The Morgan fingerprint density at radius 2 is 1.79 bits per heavy atom. The van der Waals surface area contributed by atoms with Crippen LogP contribution in [0.5, 0.6) is 0 Å². The number of carbonyl (C=O) groups is 1. The van der Waals surface area contributed by atoms with E-state index in [-0.39, 0.29) is 23.4 Å². The molecule has 0 aliphatic carbocycles. The lowest BCUT2D eigenvalue weighted by Gasteiger charge is -2.13. The van der Waals surface area contributed by atoms with Crippen LogP contribution in [0.25, 0.3) is 0 Å². The summed E-state index contributed by atoms with van der Waals surface area (Å²) in [6.07, 6.45) is 2.24. The van der Waals surface area contributed by atoms with Gasteiger partial charge in [-0.25, -0.2) is 0 Å². The van der Waals surface area contributed by atoms with Crippen molar-refractivity contribution in [2.24, 2.45) is 17.8 Å². The first-order chi connectivity index (χ1) is 6.40. The van der Waals surface area contributed by atoms with Crippen LogP contribution in [-0.4, -0.2) is 10.9 Å². The van der Waals surface area contributed by atoms with Crippen molar-refractivity contribution in [2.75, 3.05) is 0 Å². The monoisotopic (exact) mass is 198 g/mol. The molecule has 0 radical (unpaired) electrons. The van der Waals surface area contributed by atoms with Gasteiger partial charge in [0, 0.05) is 17.9 Å². The smallest absolute Gasteiger partial charge is 0.162 e. The van der Waals surface area contributed by atoms with Crippen molar-refractivity contribution >= 4 is 5.78 Å². The molecule has 2 heteroatoms. The number of rotatable bonds is 5. The maximum absolute atomic E-state index is 11.6. The standard InChI is InChI=1S/C12H22O2/c1-6-9(4)11(13)7-12(14)10(5)8(2)3/h7-10,13H,6H2,1-5H3. The molecule has 0 saturated carbocycles. The second kappa shape index (κ2) is 5.84. The van der Waals surface area contributed by atoms with Gasteiger partial charge in [0.05, 0.1) is 5.76 Å². The molecule has 1 N–H and O–H groups in total. The highest BCUT2D eigenvalue weighted by atomic mass is 16.3. The molecule has 0 amide bonds. The van der Waals surface area contributed by atoms with Crippen LogP contribution < -0.4 is 0 Å². The Morgan fingerprint density at radius 1 is 1.29 bits per heavy atom. The lowest BCUT2D eigenvalue weighted by molar-refractivity contribution is -0.119. The molecule has 2 atom stereocenters. The van der Waals surface area contributed by atoms with Crippen molar-refractivity contribution in [2.45, 2.75) is 41.0 Å². The van der Waals surface area contributed by atoms with E-state index in [1.165, 1.54) is 6.08 Å². The van der Waals surface area contributed by atoms with Gasteiger partial charge in [-0.1, -0.05) is 34.6 Å². The van der Waals surface area contributed by atoms with Gasteiger partial charge in [-0.05, 0) is 12.3 Å². The van der Waals surface area contributed by atoms with E-state index in [2.05, 4.69) is 0 Å². The van der Waals surface area contributed by atoms with Crippen molar-refractivity contribution in [3.8, 4) is 0 Å². The minimum absolute atomic E-state index is 0.0128. The van der Waals surface area contributed by atoms with Gasteiger partial charge in [0.2, 0.25) is 0 Å². The molecule has 0 aliphatic rings. The Balaban J connectivity index is 4.42. The number of allylic oxidation sites excluding steroid dienone is 2. The molecule has 2 unspecified atom stereocenters. The summed E-state index contributed by atoms with van der Waals surface area (Å²) in [6.45, 7) is 9.82. The molecule has 0 saturated heterocycles. The third kappa shape index (κ3) is 3.95. The van der Waals surface area contributed by atoms with Crippen molar-refractivity contribution < 1.29 is 9.90 Å². The lowest BCUT2D eigenvalue weighted by Crippen LogP contribution is -2.15. The van der Waals surface area contributed by atoms with Crippen LogP contribution in [0, 0.1) is 17.8 Å². The first-order valence-electron chi connectivity index (χ1n) is 5.34. The summed E-state index contributed by atoms with van der Waals surface area (Å²) < 4.78 is 0. The average molecular weight is 198 g/mol. The molecule has 2 nitrogen and oxygen atoms in total. The Morgan fingerprint density at radius 3 is 2.14 bits per heavy atom. The maximum Gasteiger partial charge on any atom is 0.162 e. The summed E-state index contributed by atoms with van der Waals surface area (Å²) in [5.41, 5.74) is 0. The molecule has 0 rings (SSSR count). The van der Waals surface area contributed by atoms with Crippen LogP contribution in [0.1, 0.15) is 41.0 Å². The molecule has 14 heavy (non-hydrogen) atoms. The third-order valence-corrected chi connectivity index (χ3v) is 2.86. The summed E-state index contributed by atoms with van der Waals surface area (Å²) in [5, 5.41) is 9.56. The summed E-state index contributed by atoms with van der Waals surface area (Å²) >= 11 is 0. The van der Waals surface area contributed by atoms with E-state index in [1.54, 1.807) is 0 Å². The number of hydrogen-bond donors (Lipinski definition) is 1. The highest BCUT2D eigenvalue weighted by Gasteiger charge is 2.16. The van der Waals surface area contributed by atoms with E-state index in [4.69, 9.17) is 0 Å². The van der Waals surface area contributed by atoms with Gasteiger partial charge in [-0.2, -0.15) is 0 Å². The van der Waals surface area contributed by atoms with Gasteiger partial charge in [0.25, 0.3) is 0 Å². The largest absolute Gasteiger partial charge is 0.512 e. The van der Waals surface area contributed by atoms with Crippen molar-refractivity contribution in [3.63, 3.8) is 0 Å². The summed E-state index contributed by atoms with van der Waals surface area (Å²) in [6, 6.07) is 0. The van der Waals surface area contributed by atoms with E-state index in [1.807, 2.05) is 34.6 Å². The molecule has 0 aliphatic heterocycles. The highest BCUT2D eigenvalue weighted by Crippen LogP contribution is 2.15. The molecule has 0 aromatic rings. The van der Waals surface area contributed by atoms with E-state index >= 15 is 0 Å². The van der Waals surface area contributed by atoms with E-state index in [0.717, 1.165) is 6.42 Å². The number of carbonyl (C=O) groups excluding carboxylic acids is 1. The zero-order valence-corrected chi connectivity index (χ0v) is 9.87. The van der Waals surface area contributed by atoms with Gasteiger partial charge in [-0.3, -0.25) is 4.79 Å². The van der Waals surface area contributed by atoms with E-state index in [9.17, 15) is 9.90 Å². The molecule has 0 fully saturated rings. The average Bonchev–Trinajstić information content (AvgIpc) is 2.14. The Labute approximate surface area is 87.0 Å². The molecule has 0 spiro atoms. The second-order valence-electron chi connectivity index (χ2n) is 4.31. The zero-order chi connectivity index (χ0) is 11.3. The number of hydrogen-bond acceptors (Lipinski definition) is 2. The zero-order valence-electron chi connectivity index (χ0n) is 9.87. The highest BCUT2D eigenvalue weighted by molar-refractivity contribution is 5.91. The summed E-state index contributed by atoms with van der Waals surface area (Å²) in [4.78, 5) is 11.6. The maximum atomic E-state index is 11.6. The minimum Gasteiger partial charge on any atom is -0.512 e. The fourth-order valence-corrected chi connectivity index (χ4v) is 0.957. The SMILES string of the molecule is CCC(C)C(O)=CC(=O)C(C)C(C)C. The Bertz CT molecular complexity index is 216. The molecular formula is C12H22O2. The van der Waals surface area contributed by atoms with E-state index < -0.39 is 0 Å². The predicted octanol–water partition coefficient (Wildman–Crippen LogP) is 3.34. The fraction of sp³-hybridized carbons (Fsp3) is 0.750. The Kier molecular flexibility index (Phi) is 5.51. The minimum atomic E-state index is -0.0128. The normalized spacial score (nSPS) is 16.9. The fourth-order valence-electron chi connectivity index (χ4n) is 0.957. The van der Waals surface area contributed by atoms with Crippen molar-refractivity contribution in [1.29, 1.82) is 0 Å². The van der Waals surface area contributed by atoms with Crippen LogP contribution >= 0.6 is 0 Å². The van der Waals surface area contributed by atoms with Gasteiger partial charge in [0.1, 0.15) is 0 Å². The predicted molar refractivity (Wildman–Crippen MR) is 59.2 cm³/mol. The number of aliphatic hydroxyl groups excluding tert-OH is 1. The molecule has 0 aromatic heterocycles. The van der Waals surface area contributed by atoms with Gasteiger partial charge < -0.3 is 5.11 Å². The third-order valence-electron chi connectivity index (χ3n) is 2.86. The number of aliphatic hydroxyl groups is 1. The number of ketones is 1.